The summed E-state index contributed by atoms with van der Waals surface area (Å²) >= 11 is 7.62. The molecular formula is C36H34S4. The van der Waals surface area contributed by atoms with Gasteiger partial charge in [0.2, 0.25) is 0 Å². The average Bonchev–Trinajstić information content (AvgIpc) is 3.69. The first kappa shape index (κ1) is 30.0. The predicted octanol–water partition coefficient (Wildman–Crippen LogP) is 12.6. The van der Waals surface area contributed by atoms with E-state index < -0.39 is 0 Å². The molecule has 0 fully saturated rings. The fraction of sp³-hybridized carbons (Fsp3) is 0.333. The number of hydrogen-bond donors (Lipinski definition) is 0. The average molecular weight is 595 g/mol. The van der Waals surface area contributed by atoms with Crippen molar-refractivity contribution in [2.24, 2.45) is 0 Å². The summed E-state index contributed by atoms with van der Waals surface area (Å²) in [6.07, 6.45) is 14.1. The molecule has 0 aliphatic heterocycles. The number of fused-ring (bicyclic) bond motifs is 1. The molecule has 0 saturated heterocycles. The van der Waals surface area contributed by atoms with Crippen molar-refractivity contribution in [3.05, 3.63) is 97.6 Å². The summed E-state index contributed by atoms with van der Waals surface area (Å²) in [6.45, 7) is 10.1. The Morgan fingerprint density at radius 1 is 0.675 bits per heavy atom. The van der Waals surface area contributed by atoms with E-state index in [1.807, 2.05) is 51.4 Å². The molecule has 0 N–H and O–H groups in total. The molecule has 0 radical (unpaired) electrons. The zero-order valence-electron chi connectivity index (χ0n) is 23.6. The van der Waals surface area contributed by atoms with Crippen molar-refractivity contribution in [3.63, 3.8) is 0 Å². The summed E-state index contributed by atoms with van der Waals surface area (Å²) in [6, 6.07) is 9.39. The van der Waals surface area contributed by atoms with Gasteiger partial charge in [-0.2, -0.15) is 0 Å². The van der Waals surface area contributed by atoms with Crippen molar-refractivity contribution in [2.45, 2.75) is 78.6 Å². The van der Waals surface area contributed by atoms with Gasteiger partial charge in [-0.25, -0.2) is 0 Å². The van der Waals surface area contributed by atoms with Crippen molar-refractivity contribution in [2.75, 3.05) is 0 Å². The van der Waals surface area contributed by atoms with Crippen LogP contribution in [0.15, 0.2) is 76.7 Å². The first-order valence-corrected chi connectivity index (χ1v) is 17.2. The maximum Gasteiger partial charge on any atom is 0.0878 e. The van der Waals surface area contributed by atoms with Crippen LogP contribution in [0.25, 0.3) is 35.0 Å². The van der Waals surface area contributed by atoms with Crippen LogP contribution < -0.4 is 0 Å². The van der Waals surface area contributed by atoms with Crippen LogP contribution in [0.3, 0.4) is 0 Å². The van der Waals surface area contributed by atoms with E-state index in [2.05, 4.69) is 97.5 Å². The quantitative estimate of drug-likeness (QED) is 0.113. The van der Waals surface area contributed by atoms with Crippen molar-refractivity contribution in [3.8, 4) is 19.5 Å². The predicted molar refractivity (Wildman–Crippen MR) is 180 cm³/mol. The molecule has 4 aromatic rings. The molecule has 0 saturated carbocycles. The highest BCUT2D eigenvalue weighted by Gasteiger charge is 2.16. The van der Waals surface area contributed by atoms with Gasteiger partial charge in [-0.3, -0.25) is 0 Å². The highest BCUT2D eigenvalue weighted by atomic mass is 32.2. The molecule has 0 atom stereocenters. The summed E-state index contributed by atoms with van der Waals surface area (Å²) < 4.78 is 1.40. The van der Waals surface area contributed by atoms with E-state index in [0.717, 1.165) is 5.56 Å². The molecule has 4 heterocycles. The van der Waals surface area contributed by atoms with Crippen LogP contribution in [0.1, 0.15) is 79.2 Å². The molecule has 0 bridgehead atoms. The number of aryl methyl sites for hydroxylation is 3. The lowest BCUT2D eigenvalue weighted by Crippen LogP contribution is -1.86. The Balaban J connectivity index is 1.49. The molecule has 0 aromatic carbocycles. The van der Waals surface area contributed by atoms with Gasteiger partial charge in [0.15, 0.2) is 0 Å². The van der Waals surface area contributed by atoms with E-state index in [9.17, 15) is 0 Å². The Labute approximate surface area is 255 Å². The van der Waals surface area contributed by atoms with Crippen LogP contribution >= 0.6 is 45.3 Å². The second-order valence-electron chi connectivity index (χ2n) is 9.76. The van der Waals surface area contributed by atoms with Crippen molar-refractivity contribution in [1.29, 1.82) is 0 Å². The normalized spacial score (nSPS) is 10.1. The SMILES string of the molecule is C=C=C=C=C=C=C=C=C=Cc1cc(C)sc1-c1cc2cc(-c3sc(C)cc3CCCCCCCCCC)sc2s1. The van der Waals surface area contributed by atoms with E-state index in [1.54, 1.807) is 0 Å². The smallest absolute Gasteiger partial charge is 0.0878 e. The maximum absolute atomic E-state index is 3.42. The second-order valence-corrected chi connectivity index (χ2v) is 14.6. The van der Waals surface area contributed by atoms with Gasteiger partial charge in [0.1, 0.15) is 0 Å². The molecule has 202 valence electrons. The monoisotopic (exact) mass is 594 g/mol. The van der Waals surface area contributed by atoms with E-state index in [4.69, 9.17) is 0 Å². The maximum atomic E-state index is 3.42. The van der Waals surface area contributed by atoms with Crippen molar-refractivity contribution < 1.29 is 0 Å². The van der Waals surface area contributed by atoms with E-state index in [0.29, 0.717) is 0 Å². The minimum Gasteiger partial charge on any atom is -0.139 e. The van der Waals surface area contributed by atoms with Crippen LogP contribution in [-0.2, 0) is 6.42 Å². The summed E-state index contributed by atoms with van der Waals surface area (Å²) in [5.41, 5.74) is 24.4. The largest absolute Gasteiger partial charge is 0.139 e. The van der Waals surface area contributed by atoms with Gasteiger partial charge in [-0.1, -0.05) is 63.3 Å². The number of hydrogen-bond acceptors (Lipinski definition) is 4. The Morgan fingerprint density at radius 3 is 1.98 bits per heavy atom. The zero-order valence-corrected chi connectivity index (χ0v) is 26.9. The Kier molecular flexibility index (Phi) is 11.8. The standard InChI is InChI=1S/C36H34S4/c1-5-7-9-11-13-15-17-19-21-29-23-27(3)37-34(29)32-25-31-26-33(40-36(31)39-32)35-30(24-28(4)38-35)22-20-18-16-14-12-10-8-6-2/h21,23-26H,1,6,8,10,12,14,16,18,20,22H2,2-4H3. The third-order valence-corrected chi connectivity index (χ3v) is 11.4. The van der Waals surface area contributed by atoms with Crippen LogP contribution in [0.2, 0.25) is 0 Å². The van der Waals surface area contributed by atoms with Crippen molar-refractivity contribution in [1.82, 2.24) is 0 Å². The number of thiophene rings is 4. The second kappa shape index (κ2) is 15.7. The minimum atomic E-state index is 1.15. The highest BCUT2D eigenvalue weighted by Crippen LogP contribution is 2.47. The van der Waals surface area contributed by atoms with Gasteiger partial charge in [0, 0.05) is 35.3 Å². The molecule has 4 rings (SSSR count). The number of rotatable bonds is 12. The highest BCUT2D eigenvalue weighted by molar-refractivity contribution is 7.42. The van der Waals surface area contributed by atoms with Gasteiger partial charge in [0.25, 0.3) is 0 Å². The van der Waals surface area contributed by atoms with Gasteiger partial charge >= 0.3 is 0 Å². The summed E-state index contributed by atoms with van der Waals surface area (Å²) in [5.74, 6) is 0. The molecule has 4 aromatic heterocycles. The first-order chi connectivity index (χ1) is 19.6. The van der Waals surface area contributed by atoms with E-state index in [1.165, 1.54) is 102 Å². The zero-order chi connectivity index (χ0) is 28.2. The van der Waals surface area contributed by atoms with Gasteiger partial charge in [0.05, 0.1) is 8.89 Å². The third kappa shape index (κ3) is 8.52. The lowest BCUT2D eigenvalue weighted by molar-refractivity contribution is 0.576. The van der Waals surface area contributed by atoms with Gasteiger partial charge < -0.3 is 0 Å². The van der Waals surface area contributed by atoms with Crippen LogP contribution in [0.4, 0.5) is 0 Å². The Morgan fingerprint density at radius 2 is 1.27 bits per heavy atom. The minimum absolute atomic E-state index is 1.15. The summed E-state index contributed by atoms with van der Waals surface area (Å²) in [5, 5.41) is 1.35. The van der Waals surface area contributed by atoms with Crippen LogP contribution in [0.5, 0.6) is 0 Å². The molecule has 4 heteroatoms. The Hall–Kier alpha value is -2.96. The topological polar surface area (TPSA) is 0 Å². The lowest BCUT2D eigenvalue weighted by Gasteiger charge is -2.03. The van der Waals surface area contributed by atoms with E-state index in [-0.39, 0.29) is 0 Å². The summed E-state index contributed by atoms with van der Waals surface area (Å²) in [4.78, 5) is 8.19. The third-order valence-electron chi connectivity index (χ3n) is 6.48. The lowest BCUT2D eigenvalue weighted by atomic mass is 10.0. The molecule has 0 aliphatic rings. The van der Waals surface area contributed by atoms with Gasteiger partial charge in [-0.05, 0) is 104 Å². The Bertz CT molecular complexity index is 1730. The molecule has 0 aliphatic carbocycles. The fourth-order valence-electron chi connectivity index (χ4n) is 4.63. The number of unbranched alkanes of at least 4 members (excludes halogenated alkanes) is 7. The summed E-state index contributed by atoms with van der Waals surface area (Å²) in [7, 11) is 0. The molecular weight excluding hydrogens is 561 g/mol. The van der Waals surface area contributed by atoms with E-state index >= 15 is 0 Å². The molecule has 0 nitrogen and oxygen atoms in total. The van der Waals surface area contributed by atoms with Crippen LogP contribution in [-0.4, -0.2) is 0 Å². The van der Waals surface area contributed by atoms with Crippen LogP contribution in [0, 0.1) is 13.8 Å². The van der Waals surface area contributed by atoms with Gasteiger partial charge in [-0.15, -0.1) is 45.3 Å². The fourth-order valence-corrected chi connectivity index (χ4v) is 9.39. The molecule has 0 spiro atoms. The first-order valence-electron chi connectivity index (χ1n) is 13.9. The molecule has 0 unspecified atom stereocenters. The van der Waals surface area contributed by atoms with Crippen molar-refractivity contribution >= 4 is 60.8 Å². The molecule has 0 amide bonds. The molecule has 40 heavy (non-hydrogen) atoms.